The highest BCUT2D eigenvalue weighted by molar-refractivity contribution is 5.57. The number of hydrogen-bond donors (Lipinski definition) is 1. The molecule has 4 rings (SSSR count). The van der Waals surface area contributed by atoms with Crippen LogP contribution in [-0.2, 0) is 12.8 Å². The van der Waals surface area contributed by atoms with Gasteiger partial charge in [-0.05, 0) is 50.3 Å². The number of fused-ring (bicyclic) bond motifs is 2. The van der Waals surface area contributed by atoms with Gasteiger partial charge in [0.1, 0.15) is 11.5 Å². The summed E-state index contributed by atoms with van der Waals surface area (Å²) in [5, 5.41) is 3.49. The highest BCUT2D eigenvalue weighted by Gasteiger charge is 2.30. The van der Waals surface area contributed by atoms with Crippen LogP contribution in [-0.4, -0.2) is 26.3 Å². The Morgan fingerprint density at radius 2 is 2.00 bits per heavy atom. The molecule has 102 valence electrons. The van der Waals surface area contributed by atoms with Gasteiger partial charge in [0, 0.05) is 23.6 Å². The Morgan fingerprint density at radius 1 is 1.11 bits per heavy atom. The topological polar surface area (TPSA) is 30.5 Å². The highest BCUT2D eigenvalue weighted by atomic mass is 16.5. The first-order valence-corrected chi connectivity index (χ1v) is 7.58. The summed E-state index contributed by atoms with van der Waals surface area (Å²) in [5.41, 5.74) is 4.27. The van der Waals surface area contributed by atoms with Crippen LogP contribution in [0, 0.1) is 0 Å². The standard InChI is InChI=1S/C16H21NO2/c1-3-11-9-14-13(4-2-7-18-14)15(16(11)19-8-1)12-5-6-17-10-12/h9,12,17H,1-8,10H2. The Balaban J connectivity index is 1.88. The van der Waals surface area contributed by atoms with Crippen molar-refractivity contribution in [3.63, 3.8) is 0 Å². The van der Waals surface area contributed by atoms with Gasteiger partial charge in [0.15, 0.2) is 0 Å². The van der Waals surface area contributed by atoms with Gasteiger partial charge < -0.3 is 14.8 Å². The first-order valence-electron chi connectivity index (χ1n) is 7.58. The first kappa shape index (κ1) is 11.6. The molecule has 1 aromatic rings. The predicted molar refractivity (Wildman–Crippen MR) is 74.3 cm³/mol. The van der Waals surface area contributed by atoms with Crippen LogP contribution in [0.1, 0.15) is 41.9 Å². The third-order valence-corrected chi connectivity index (χ3v) is 4.60. The molecule has 3 aliphatic rings. The lowest BCUT2D eigenvalue weighted by molar-refractivity contribution is 0.268. The van der Waals surface area contributed by atoms with E-state index in [1.807, 2.05) is 0 Å². The molecule has 3 nitrogen and oxygen atoms in total. The maximum absolute atomic E-state index is 6.05. The molecule has 1 aromatic carbocycles. The van der Waals surface area contributed by atoms with Gasteiger partial charge in [-0.3, -0.25) is 0 Å². The van der Waals surface area contributed by atoms with E-state index in [-0.39, 0.29) is 0 Å². The summed E-state index contributed by atoms with van der Waals surface area (Å²) in [4.78, 5) is 0. The van der Waals surface area contributed by atoms with Crippen LogP contribution in [0.2, 0.25) is 0 Å². The number of rotatable bonds is 1. The molecule has 3 heterocycles. The van der Waals surface area contributed by atoms with E-state index in [2.05, 4.69) is 11.4 Å². The van der Waals surface area contributed by atoms with Gasteiger partial charge in [-0.1, -0.05) is 0 Å². The summed E-state index contributed by atoms with van der Waals surface area (Å²) in [6.45, 7) is 3.96. The molecule has 1 atom stereocenters. The smallest absolute Gasteiger partial charge is 0.126 e. The van der Waals surface area contributed by atoms with Gasteiger partial charge in [0.25, 0.3) is 0 Å². The lowest BCUT2D eigenvalue weighted by Gasteiger charge is -2.29. The van der Waals surface area contributed by atoms with Crippen LogP contribution in [0.25, 0.3) is 0 Å². The summed E-state index contributed by atoms with van der Waals surface area (Å²) in [5.74, 6) is 2.95. The number of hydrogen-bond acceptors (Lipinski definition) is 3. The summed E-state index contributed by atoms with van der Waals surface area (Å²) < 4.78 is 12.0. The molecule has 3 heteroatoms. The van der Waals surface area contributed by atoms with Gasteiger partial charge in [-0.25, -0.2) is 0 Å². The fourth-order valence-electron chi connectivity index (χ4n) is 3.70. The zero-order valence-electron chi connectivity index (χ0n) is 11.3. The molecule has 0 aliphatic carbocycles. The summed E-state index contributed by atoms with van der Waals surface area (Å²) in [6, 6.07) is 2.24. The van der Waals surface area contributed by atoms with Crippen LogP contribution in [0.5, 0.6) is 11.5 Å². The second kappa shape index (κ2) is 4.71. The van der Waals surface area contributed by atoms with Crippen molar-refractivity contribution in [1.29, 1.82) is 0 Å². The Bertz CT molecular complexity index is 458. The molecule has 3 aliphatic heterocycles. The fourth-order valence-corrected chi connectivity index (χ4v) is 3.70. The average molecular weight is 259 g/mol. The number of aryl methyl sites for hydroxylation is 1. The molecule has 1 unspecified atom stereocenters. The minimum absolute atomic E-state index is 0.614. The molecule has 1 fully saturated rings. The normalized spacial score (nSPS) is 25.2. The molecule has 0 radical (unpaired) electrons. The van der Waals surface area contributed by atoms with Crippen LogP contribution in [0.3, 0.4) is 0 Å². The first-order chi connectivity index (χ1) is 9.43. The largest absolute Gasteiger partial charge is 0.493 e. The maximum Gasteiger partial charge on any atom is 0.126 e. The zero-order valence-corrected chi connectivity index (χ0v) is 11.3. The van der Waals surface area contributed by atoms with Crippen LogP contribution in [0.15, 0.2) is 6.07 Å². The van der Waals surface area contributed by atoms with E-state index in [1.165, 1.54) is 28.9 Å². The Hall–Kier alpha value is -1.22. The third kappa shape index (κ3) is 1.91. The van der Waals surface area contributed by atoms with Crippen molar-refractivity contribution in [2.45, 2.75) is 38.0 Å². The molecule has 1 N–H and O–H groups in total. The number of nitrogens with one attached hydrogen (secondary N) is 1. The quantitative estimate of drug-likeness (QED) is 0.840. The van der Waals surface area contributed by atoms with Gasteiger partial charge in [0.05, 0.1) is 13.2 Å². The Morgan fingerprint density at radius 3 is 2.89 bits per heavy atom. The fraction of sp³-hybridized carbons (Fsp3) is 0.625. The van der Waals surface area contributed by atoms with Crippen LogP contribution in [0.4, 0.5) is 0 Å². The van der Waals surface area contributed by atoms with Gasteiger partial charge in [-0.15, -0.1) is 0 Å². The number of benzene rings is 1. The lowest BCUT2D eigenvalue weighted by atomic mass is 9.85. The number of ether oxygens (including phenoxy) is 2. The molecule has 0 amide bonds. The van der Waals surface area contributed by atoms with E-state index in [1.54, 1.807) is 0 Å². The van der Waals surface area contributed by atoms with Crippen molar-refractivity contribution in [3.05, 3.63) is 22.8 Å². The van der Waals surface area contributed by atoms with E-state index in [0.717, 1.165) is 57.7 Å². The summed E-state index contributed by atoms with van der Waals surface area (Å²) >= 11 is 0. The second-order valence-corrected chi connectivity index (χ2v) is 5.85. The zero-order chi connectivity index (χ0) is 12.7. The van der Waals surface area contributed by atoms with Crippen molar-refractivity contribution in [1.82, 2.24) is 5.32 Å². The maximum atomic E-state index is 6.05. The molecule has 1 saturated heterocycles. The lowest BCUT2D eigenvalue weighted by Crippen LogP contribution is -2.19. The highest BCUT2D eigenvalue weighted by Crippen LogP contribution is 2.44. The van der Waals surface area contributed by atoms with Gasteiger partial charge >= 0.3 is 0 Å². The van der Waals surface area contributed by atoms with Crippen molar-refractivity contribution in [2.75, 3.05) is 26.3 Å². The van der Waals surface area contributed by atoms with E-state index in [4.69, 9.17) is 9.47 Å². The van der Waals surface area contributed by atoms with E-state index in [9.17, 15) is 0 Å². The van der Waals surface area contributed by atoms with Crippen molar-refractivity contribution >= 4 is 0 Å². The minimum atomic E-state index is 0.614. The Kier molecular flexibility index (Phi) is 2.87. The molecule has 19 heavy (non-hydrogen) atoms. The molecule has 0 spiro atoms. The van der Waals surface area contributed by atoms with Crippen molar-refractivity contribution in [2.24, 2.45) is 0 Å². The Labute approximate surface area is 114 Å². The van der Waals surface area contributed by atoms with Crippen LogP contribution < -0.4 is 14.8 Å². The second-order valence-electron chi connectivity index (χ2n) is 5.85. The summed E-state index contributed by atoms with van der Waals surface area (Å²) in [6.07, 6.45) is 5.79. The van der Waals surface area contributed by atoms with E-state index in [0.29, 0.717) is 5.92 Å². The van der Waals surface area contributed by atoms with Gasteiger partial charge in [-0.2, -0.15) is 0 Å². The average Bonchev–Trinajstić information content (AvgIpc) is 2.98. The monoisotopic (exact) mass is 259 g/mol. The van der Waals surface area contributed by atoms with Crippen molar-refractivity contribution in [3.8, 4) is 11.5 Å². The van der Waals surface area contributed by atoms with E-state index >= 15 is 0 Å². The predicted octanol–water partition coefficient (Wildman–Crippen LogP) is 2.41. The van der Waals surface area contributed by atoms with Gasteiger partial charge in [0.2, 0.25) is 0 Å². The molecular weight excluding hydrogens is 238 g/mol. The summed E-state index contributed by atoms with van der Waals surface area (Å²) in [7, 11) is 0. The van der Waals surface area contributed by atoms with E-state index < -0.39 is 0 Å². The van der Waals surface area contributed by atoms with Crippen LogP contribution >= 0.6 is 0 Å². The molecule has 0 aromatic heterocycles. The molecule has 0 saturated carbocycles. The minimum Gasteiger partial charge on any atom is -0.493 e. The third-order valence-electron chi connectivity index (χ3n) is 4.60. The molecule has 0 bridgehead atoms. The molecular formula is C16H21NO2. The van der Waals surface area contributed by atoms with Crippen molar-refractivity contribution < 1.29 is 9.47 Å². The SMILES string of the molecule is c1c2c(c(C3CCNC3)c3c1OCCC3)OCCC2.